The van der Waals surface area contributed by atoms with Crippen LogP contribution in [0.5, 0.6) is 0 Å². The third-order valence-corrected chi connectivity index (χ3v) is 5.71. The van der Waals surface area contributed by atoms with Gasteiger partial charge in [0.05, 0.1) is 6.54 Å². The van der Waals surface area contributed by atoms with Crippen molar-refractivity contribution < 1.29 is 26.3 Å². The third kappa shape index (κ3) is 4.11. The zero-order chi connectivity index (χ0) is 21.6. The zero-order valence-electron chi connectivity index (χ0n) is 15.9. The molecule has 2 aromatic rings. The Morgan fingerprint density at radius 3 is 2.50 bits per heavy atom. The second-order valence-electron chi connectivity index (χ2n) is 7.80. The highest BCUT2D eigenvalue weighted by Gasteiger charge is 2.36. The summed E-state index contributed by atoms with van der Waals surface area (Å²) in [6.45, 7) is 1.76. The van der Waals surface area contributed by atoms with E-state index in [0.29, 0.717) is 44.4 Å². The molecule has 0 bridgehead atoms. The number of nitrogens with two attached hydrogens (primary N) is 1. The van der Waals surface area contributed by atoms with Crippen LogP contribution < -0.4 is 5.73 Å². The van der Waals surface area contributed by atoms with Gasteiger partial charge in [-0.25, -0.2) is 18.2 Å². The van der Waals surface area contributed by atoms with E-state index in [1.54, 1.807) is 0 Å². The second-order valence-corrected chi connectivity index (χ2v) is 7.80. The number of nitrogens with zero attached hydrogens (tertiary/aromatic N) is 3. The summed E-state index contributed by atoms with van der Waals surface area (Å²) >= 11 is 0. The highest BCUT2D eigenvalue weighted by atomic mass is 19.4. The zero-order valence-corrected chi connectivity index (χ0v) is 15.9. The molecule has 0 saturated carbocycles. The first kappa shape index (κ1) is 20.9. The summed E-state index contributed by atoms with van der Waals surface area (Å²) in [5.41, 5.74) is 6.35. The number of aromatic nitrogens is 2. The predicted octanol–water partition coefficient (Wildman–Crippen LogP) is 3.97. The smallest absolute Gasteiger partial charge is 0.332 e. The molecule has 1 aromatic carbocycles. The van der Waals surface area contributed by atoms with Crippen LogP contribution >= 0.6 is 0 Å². The minimum absolute atomic E-state index is 0.0522. The Kier molecular flexibility index (Phi) is 5.39. The number of hydrogen-bond donors (Lipinski definition) is 1. The van der Waals surface area contributed by atoms with Gasteiger partial charge in [0.2, 0.25) is 0 Å². The van der Waals surface area contributed by atoms with Crippen LogP contribution in [0.4, 0.5) is 26.3 Å². The van der Waals surface area contributed by atoms with Crippen LogP contribution in [0.2, 0.25) is 0 Å². The van der Waals surface area contributed by atoms with Crippen LogP contribution in [0.1, 0.15) is 35.8 Å². The van der Waals surface area contributed by atoms with Gasteiger partial charge in [0.15, 0.2) is 17.3 Å². The molecule has 0 radical (unpaired) electrons. The second kappa shape index (κ2) is 7.73. The van der Waals surface area contributed by atoms with Gasteiger partial charge >= 0.3 is 6.18 Å². The molecule has 0 spiro atoms. The first-order valence-corrected chi connectivity index (χ1v) is 9.55. The minimum Gasteiger partial charge on any atom is -0.332 e. The van der Waals surface area contributed by atoms with Crippen molar-refractivity contribution in [1.82, 2.24) is 14.5 Å². The maximum atomic E-state index is 14.1. The molecule has 2 N–H and O–H groups in total. The van der Waals surface area contributed by atoms with Gasteiger partial charge in [-0.1, -0.05) is 11.6 Å². The molecular weight excluding hydrogens is 410 g/mol. The normalized spacial score (nSPS) is 22.7. The van der Waals surface area contributed by atoms with Gasteiger partial charge in [-0.2, -0.15) is 13.2 Å². The van der Waals surface area contributed by atoms with E-state index in [1.165, 1.54) is 4.57 Å². The average molecular weight is 430 g/mol. The highest BCUT2D eigenvalue weighted by molar-refractivity contribution is 5.29. The van der Waals surface area contributed by atoms with Gasteiger partial charge in [0, 0.05) is 43.9 Å². The molecule has 0 unspecified atom stereocenters. The Morgan fingerprint density at radius 1 is 1.07 bits per heavy atom. The first-order chi connectivity index (χ1) is 14.1. The van der Waals surface area contributed by atoms with Crippen LogP contribution in [-0.2, 0) is 19.3 Å². The summed E-state index contributed by atoms with van der Waals surface area (Å²) in [6.07, 6.45) is -0.737. The number of allylic oxidation sites excluding steroid dienone is 1. The maximum absolute atomic E-state index is 14.1. The fraction of sp³-hybridized carbons (Fsp3) is 0.450. The molecule has 4 rings (SSSR count). The quantitative estimate of drug-likeness (QED) is 0.456. The molecule has 1 aliphatic heterocycles. The Hall–Kier alpha value is -2.33. The van der Waals surface area contributed by atoms with Crippen molar-refractivity contribution in [1.29, 1.82) is 0 Å². The lowest BCUT2D eigenvalue weighted by Crippen LogP contribution is -2.38. The van der Waals surface area contributed by atoms with Gasteiger partial charge < -0.3 is 10.3 Å². The molecule has 4 nitrogen and oxygen atoms in total. The highest BCUT2D eigenvalue weighted by Crippen LogP contribution is 2.34. The van der Waals surface area contributed by atoms with Gasteiger partial charge in [-0.05, 0) is 24.5 Å². The van der Waals surface area contributed by atoms with Crippen LogP contribution in [0, 0.1) is 17.5 Å². The predicted molar refractivity (Wildman–Crippen MR) is 96.9 cm³/mol. The van der Waals surface area contributed by atoms with Crippen LogP contribution in [0.25, 0.3) is 0 Å². The number of hydrogen-bond acceptors (Lipinski definition) is 3. The number of halogens is 6. The Bertz CT molecular complexity index is 980. The molecule has 162 valence electrons. The SMILES string of the molecule is N[C@H]1CC(CN2CCn3cc(C(F)(F)F)nc3C2)=CC[C@@H]1c1cc(F)c(F)cc1F. The summed E-state index contributed by atoms with van der Waals surface area (Å²) in [5.74, 6) is -3.30. The van der Waals surface area contributed by atoms with Crippen molar-refractivity contribution in [2.75, 3.05) is 13.1 Å². The molecule has 1 aromatic heterocycles. The Balaban J connectivity index is 1.43. The summed E-state index contributed by atoms with van der Waals surface area (Å²) in [6, 6.07) is 0.909. The van der Waals surface area contributed by atoms with Crippen molar-refractivity contribution in [2.45, 2.75) is 44.1 Å². The lowest BCUT2D eigenvalue weighted by atomic mass is 9.80. The summed E-state index contributed by atoms with van der Waals surface area (Å²) in [4.78, 5) is 5.69. The van der Waals surface area contributed by atoms with E-state index in [1.807, 2.05) is 11.0 Å². The molecule has 2 aliphatic rings. The van der Waals surface area contributed by atoms with E-state index in [2.05, 4.69) is 4.98 Å². The van der Waals surface area contributed by atoms with Gasteiger partial charge in [0.25, 0.3) is 0 Å². The minimum atomic E-state index is -4.47. The summed E-state index contributed by atoms with van der Waals surface area (Å²) in [7, 11) is 0. The lowest BCUT2D eigenvalue weighted by Gasteiger charge is -2.33. The number of fused-ring (bicyclic) bond motifs is 1. The molecule has 2 heterocycles. The van der Waals surface area contributed by atoms with E-state index in [0.717, 1.165) is 17.8 Å². The summed E-state index contributed by atoms with van der Waals surface area (Å²) < 4.78 is 80.9. The Morgan fingerprint density at radius 2 is 1.80 bits per heavy atom. The number of rotatable bonds is 3. The van der Waals surface area contributed by atoms with Crippen molar-refractivity contribution in [3.8, 4) is 0 Å². The molecule has 0 amide bonds. The largest absolute Gasteiger partial charge is 0.434 e. The molecule has 1 aliphatic carbocycles. The molecule has 10 heteroatoms. The molecular formula is C20H20F6N4. The van der Waals surface area contributed by atoms with E-state index < -0.39 is 41.3 Å². The van der Waals surface area contributed by atoms with Crippen molar-refractivity contribution >= 4 is 0 Å². The molecule has 2 atom stereocenters. The van der Waals surface area contributed by atoms with Crippen LogP contribution in [0.3, 0.4) is 0 Å². The fourth-order valence-corrected chi connectivity index (χ4v) is 4.17. The average Bonchev–Trinajstić information content (AvgIpc) is 3.09. The number of alkyl halides is 3. The number of benzene rings is 1. The van der Waals surface area contributed by atoms with Crippen molar-refractivity contribution in [3.63, 3.8) is 0 Å². The fourth-order valence-electron chi connectivity index (χ4n) is 4.17. The van der Waals surface area contributed by atoms with Gasteiger partial charge in [-0.15, -0.1) is 0 Å². The standard InChI is InChI=1S/C20H20F6N4/c21-14-7-16(23)15(22)6-13(14)12-2-1-11(5-17(12)27)8-29-3-4-30-9-18(20(24,25)26)28-19(30)10-29/h1,6-7,9,12,17H,2-5,8,10,27H2/t12-,17+/m1/s1. The lowest BCUT2D eigenvalue weighted by molar-refractivity contribution is -0.141. The molecule has 0 fully saturated rings. The first-order valence-electron chi connectivity index (χ1n) is 9.55. The topological polar surface area (TPSA) is 47.1 Å². The molecule has 30 heavy (non-hydrogen) atoms. The van der Waals surface area contributed by atoms with Crippen molar-refractivity contribution in [3.05, 3.63) is 64.5 Å². The molecule has 0 saturated heterocycles. The van der Waals surface area contributed by atoms with Crippen LogP contribution in [-0.4, -0.2) is 33.6 Å². The third-order valence-electron chi connectivity index (χ3n) is 5.71. The van der Waals surface area contributed by atoms with Gasteiger partial charge in [0.1, 0.15) is 11.6 Å². The Labute approximate surface area is 169 Å². The van der Waals surface area contributed by atoms with E-state index in [4.69, 9.17) is 5.73 Å². The van der Waals surface area contributed by atoms with Crippen molar-refractivity contribution in [2.24, 2.45) is 5.73 Å². The van der Waals surface area contributed by atoms with E-state index in [9.17, 15) is 26.3 Å². The number of imidazole rings is 1. The van der Waals surface area contributed by atoms with Gasteiger partial charge in [-0.3, -0.25) is 4.90 Å². The monoisotopic (exact) mass is 430 g/mol. The maximum Gasteiger partial charge on any atom is 0.434 e. The summed E-state index contributed by atoms with van der Waals surface area (Å²) in [5, 5.41) is 0. The van der Waals surface area contributed by atoms with Crippen LogP contribution in [0.15, 0.2) is 30.0 Å². The van der Waals surface area contributed by atoms with E-state index in [-0.39, 0.29) is 12.1 Å². The van der Waals surface area contributed by atoms with E-state index >= 15 is 0 Å².